The van der Waals surface area contributed by atoms with Gasteiger partial charge in [0.2, 0.25) is 0 Å². The fourth-order valence-electron chi connectivity index (χ4n) is 0.935. The molecule has 3 nitrogen and oxygen atoms in total. The zero-order chi connectivity index (χ0) is 7.78. The second-order valence-corrected chi connectivity index (χ2v) is 2.45. The van der Waals surface area contributed by atoms with Gasteiger partial charge in [0.15, 0.2) is 0 Å². The molecule has 1 heterocycles. The zero-order valence-corrected chi connectivity index (χ0v) is 5.32. The topological polar surface area (TPSA) is 61.9 Å². The predicted molar refractivity (Wildman–Crippen MR) is 33.3 cm³/mol. The Hall–Kier alpha value is -0.710. The van der Waals surface area contributed by atoms with Crippen molar-refractivity contribution in [2.45, 2.75) is 18.4 Å². The second kappa shape index (κ2) is 2.16. The molecular weight excluding hydrogens is 140 g/mol. The van der Waals surface area contributed by atoms with Crippen LogP contribution in [-0.4, -0.2) is 24.3 Å². The van der Waals surface area contributed by atoms with Crippen molar-refractivity contribution < 1.29 is 8.78 Å². The van der Waals surface area contributed by atoms with Gasteiger partial charge >= 0.3 is 0 Å². The summed E-state index contributed by atoms with van der Waals surface area (Å²) in [7, 11) is 0. The van der Waals surface area contributed by atoms with Gasteiger partial charge in [0.1, 0.15) is 5.84 Å². The molecule has 58 valence electrons. The van der Waals surface area contributed by atoms with Crippen molar-refractivity contribution in [3.05, 3.63) is 0 Å². The highest BCUT2D eigenvalue weighted by molar-refractivity contribution is 5.83. The van der Waals surface area contributed by atoms with Crippen LogP contribution in [0.2, 0.25) is 0 Å². The SMILES string of the molecule is N=C(N)[C@H]1CC(F)(F)CN1. The molecule has 0 amide bonds. The molecule has 0 aromatic rings. The summed E-state index contributed by atoms with van der Waals surface area (Å²) in [6.07, 6.45) is -0.345. The zero-order valence-electron chi connectivity index (χ0n) is 5.32. The van der Waals surface area contributed by atoms with E-state index in [4.69, 9.17) is 11.1 Å². The van der Waals surface area contributed by atoms with Crippen LogP contribution in [0.5, 0.6) is 0 Å². The lowest BCUT2D eigenvalue weighted by Crippen LogP contribution is -2.35. The van der Waals surface area contributed by atoms with E-state index in [2.05, 4.69) is 5.32 Å². The van der Waals surface area contributed by atoms with Crippen molar-refractivity contribution in [2.24, 2.45) is 5.73 Å². The molecule has 0 radical (unpaired) electrons. The van der Waals surface area contributed by atoms with Gasteiger partial charge in [0.25, 0.3) is 5.92 Å². The average Bonchev–Trinajstić information content (AvgIpc) is 2.10. The molecule has 1 fully saturated rings. The van der Waals surface area contributed by atoms with Crippen molar-refractivity contribution in [3.8, 4) is 0 Å². The van der Waals surface area contributed by atoms with Gasteiger partial charge in [-0.1, -0.05) is 0 Å². The Labute approximate surface area is 57.1 Å². The van der Waals surface area contributed by atoms with Crippen LogP contribution in [-0.2, 0) is 0 Å². The van der Waals surface area contributed by atoms with Crippen LogP contribution in [0.3, 0.4) is 0 Å². The molecule has 0 unspecified atom stereocenters. The summed E-state index contributed by atoms with van der Waals surface area (Å²) >= 11 is 0. The highest BCUT2D eigenvalue weighted by atomic mass is 19.3. The van der Waals surface area contributed by atoms with Crippen LogP contribution in [0.4, 0.5) is 8.78 Å². The van der Waals surface area contributed by atoms with Crippen LogP contribution < -0.4 is 11.1 Å². The van der Waals surface area contributed by atoms with Crippen LogP contribution in [0.15, 0.2) is 0 Å². The maximum atomic E-state index is 12.3. The maximum Gasteiger partial charge on any atom is 0.262 e. The first-order valence-electron chi connectivity index (χ1n) is 2.96. The highest BCUT2D eigenvalue weighted by Gasteiger charge is 2.40. The van der Waals surface area contributed by atoms with E-state index in [0.717, 1.165) is 0 Å². The third kappa shape index (κ3) is 1.41. The Morgan fingerprint density at radius 3 is 2.50 bits per heavy atom. The number of alkyl halides is 2. The number of halogens is 2. The Morgan fingerprint density at radius 1 is 1.70 bits per heavy atom. The standard InChI is InChI=1S/C5H9F2N3/c6-5(7)1-3(4(8)9)10-2-5/h3,10H,1-2H2,(H3,8,9)/t3-/m1/s1. The number of nitrogens with two attached hydrogens (primary N) is 1. The van der Waals surface area contributed by atoms with Crippen molar-refractivity contribution in [1.82, 2.24) is 5.32 Å². The van der Waals surface area contributed by atoms with E-state index in [0.29, 0.717) is 0 Å². The number of nitrogens with one attached hydrogen (secondary N) is 2. The minimum absolute atomic E-state index is 0.211. The molecule has 0 aliphatic carbocycles. The molecule has 0 aromatic carbocycles. The molecule has 10 heavy (non-hydrogen) atoms. The van der Waals surface area contributed by atoms with Gasteiger partial charge in [-0.25, -0.2) is 8.78 Å². The molecule has 1 atom stereocenters. The van der Waals surface area contributed by atoms with Crippen LogP contribution >= 0.6 is 0 Å². The number of amidine groups is 1. The van der Waals surface area contributed by atoms with E-state index >= 15 is 0 Å². The lowest BCUT2D eigenvalue weighted by Gasteiger charge is -2.06. The molecule has 1 aliphatic rings. The first-order chi connectivity index (χ1) is 4.51. The molecule has 0 spiro atoms. The third-order valence-corrected chi connectivity index (χ3v) is 1.49. The van der Waals surface area contributed by atoms with E-state index < -0.39 is 12.0 Å². The fourth-order valence-corrected chi connectivity index (χ4v) is 0.935. The molecule has 1 rings (SSSR count). The minimum atomic E-state index is -2.68. The number of rotatable bonds is 1. The first-order valence-corrected chi connectivity index (χ1v) is 2.96. The summed E-state index contributed by atoms with van der Waals surface area (Å²) < 4.78 is 24.7. The molecule has 0 aromatic heterocycles. The molecule has 4 N–H and O–H groups in total. The second-order valence-electron chi connectivity index (χ2n) is 2.45. The average molecular weight is 149 g/mol. The number of hydrogen-bond acceptors (Lipinski definition) is 2. The van der Waals surface area contributed by atoms with Crippen LogP contribution in [0.25, 0.3) is 0 Å². The van der Waals surface area contributed by atoms with Crippen molar-refractivity contribution >= 4 is 5.84 Å². The molecular formula is C5H9F2N3. The van der Waals surface area contributed by atoms with E-state index in [9.17, 15) is 8.78 Å². The van der Waals surface area contributed by atoms with Crippen LogP contribution in [0, 0.1) is 5.41 Å². The molecule has 0 bridgehead atoms. The minimum Gasteiger partial charge on any atom is -0.386 e. The summed E-state index contributed by atoms with van der Waals surface area (Å²) in [5.74, 6) is -2.90. The van der Waals surface area contributed by atoms with E-state index in [1.54, 1.807) is 0 Å². The van der Waals surface area contributed by atoms with Gasteiger partial charge in [0, 0.05) is 6.42 Å². The summed E-state index contributed by atoms with van der Waals surface area (Å²) in [6.45, 7) is -0.364. The first kappa shape index (κ1) is 7.40. The molecule has 0 saturated carbocycles. The van der Waals surface area contributed by atoms with E-state index in [-0.39, 0.29) is 18.8 Å². The Kier molecular flexibility index (Phi) is 1.60. The van der Waals surface area contributed by atoms with Gasteiger partial charge in [-0.3, -0.25) is 5.41 Å². The van der Waals surface area contributed by atoms with Crippen molar-refractivity contribution in [2.75, 3.05) is 6.54 Å². The fraction of sp³-hybridized carbons (Fsp3) is 0.800. The molecule has 1 aliphatic heterocycles. The summed E-state index contributed by atoms with van der Waals surface area (Å²) in [5.41, 5.74) is 5.01. The lowest BCUT2D eigenvalue weighted by atomic mass is 10.2. The summed E-state index contributed by atoms with van der Waals surface area (Å²) in [6, 6.07) is -0.630. The molecule has 1 saturated heterocycles. The van der Waals surface area contributed by atoms with Gasteiger partial charge < -0.3 is 11.1 Å². The Morgan fingerprint density at radius 2 is 2.30 bits per heavy atom. The van der Waals surface area contributed by atoms with Gasteiger partial charge in [-0.05, 0) is 0 Å². The Balaban J connectivity index is 2.51. The maximum absolute atomic E-state index is 12.3. The monoisotopic (exact) mass is 149 g/mol. The normalized spacial score (nSPS) is 30.4. The smallest absolute Gasteiger partial charge is 0.262 e. The lowest BCUT2D eigenvalue weighted by molar-refractivity contribution is 0.0226. The van der Waals surface area contributed by atoms with Crippen molar-refractivity contribution in [3.63, 3.8) is 0 Å². The van der Waals surface area contributed by atoms with Gasteiger partial charge in [0.05, 0.1) is 12.6 Å². The van der Waals surface area contributed by atoms with E-state index in [1.165, 1.54) is 0 Å². The quantitative estimate of drug-likeness (QED) is 0.360. The number of hydrogen-bond donors (Lipinski definition) is 3. The van der Waals surface area contributed by atoms with Gasteiger partial charge in [-0.2, -0.15) is 0 Å². The van der Waals surface area contributed by atoms with Crippen LogP contribution in [0.1, 0.15) is 6.42 Å². The predicted octanol–water partition coefficient (Wildman–Crippen LogP) is -0.0804. The van der Waals surface area contributed by atoms with Crippen molar-refractivity contribution in [1.29, 1.82) is 5.41 Å². The van der Waals surface area contributed by atoms with E-state index in [1.807, 2.05) is 0 Å². The largest absolute Gasteiger partial charge is 0.386 e. The highest BCUT2D eigenvalue weighted by Crippen LogP contribution is 2.24. The summed E-state index contributed by atoms with van der Waals surface area (Å²) in [4.78, 5) is 0. The summed E-state index contributed by atoms with van der Waals surface area (Å²) in [5, 5.41) is 9.30. The van der Waals surface area contributed by atoms with Gasteiger partial charge in [-0.15, -0.1) is 0 Å². The third-order valence-electron chi connectivity index (χ3n) is 1.49. The Bertz CT molecular complexity index is 157. The molecule has 5 heteroatoms.